The molecule has 50 heavy (non-hydrogen) atoms. The fourth-order valence-electron chi connectivity index (χ4n) is 6.63. The monoisotopic (exact) mass is 717 g/mol. The van der Waals surface area contributed by atoms with Gasteiger partial charge < -0.3 is 24.7 Å². The van der Waals surface area contributed by atoms with Crippen LogP contribution in [0.4, 0.5) is 10.5 Å². The van der Waals surface area contributed by atoms with Crippen LogP contribution < -0.4 is 20.1 Å². The number of anilines is 1. The van der Waals surface area contributed by atoms with Crippen molar-refractivity contribution in [1.29, 1.82) is 0 Å². The highest BCUT2D eigenvalue weighted by Gasteiger charge is 2.32. The summed E-state index contributed by atoms with van der Waals surface area (Å²) in [5, 5.41) is 0.736. The zero-order chi connectivity index (χ0) is 35.5. The number of fused-ring (bicyclic) bond motifs is 2. The van der Waals surface area contributed by atoms with Gasteiger partial charge in [-0.1, -0.05) is 66.2 Å². The zero-order valence-electron chi connectivity index (χ0n) is 28.7. The van der Waals surface area contributed by atoms with E-state index in [9.17, 15) is 14.1 Å². The number of nitrogens with one attached hydrogen (secondary N) is 1. The summed E-state index contributed by atoms with van der Waals surface area (Å²) in [6, 6.07) is 21.0. The van der Waals surface area contributed by atoms with Crippen molar-refractivity contribution in [3.05, 3.63) is 119 Å². The first-order valence-corrected chi connectivity index (χ1v) is 19.2. The van der Waals surface area contributed by atoms with E-state index in [2.05, 4.69) is 40.5 Å². The second-order valence-corrected chi connectivity index (χ2v) is 14.9. The molecule has 266 valence electrons. The number of nitrogens with zero attached hydrogens (tertiary/aromatic N) is 1. The van der Waals surface area contributed by atoms with E-state index in [1.807, 2.05) is 54.6 Å². The first-order chi connectivity index (χ1) is 24.2. The van der Waals surface area contributed by atoms with Gasteiger partial charge in [0.15, 0.2) is 0 Å². The predicted octanol–water partition coefficient (Wildman–Crippen LogP) is 8.48. The average molecular weight is 718 g/mol. The van der Waals surface area contributed by atoms with E-state index >= 15 is 0 Å². The van der Waals surface area contributed by atoms with Crippen molar-refractivity contribution in [2.24, 2.45) is 23.5 Å². The highest BCUT2D eigenvalue weighted by Crippen LogP contribution is 2.41. The molecule has 2 aliphatic rings. The molecule has 2 amide bonds. The van der Waals surface area contributed by atoms with Gasteiger partial charge >= 0.3 is 6.09 Å². The Morgan fingerprint density at radius 2 is 1.92 bits per heavy atom. The third kappa shape index (κ3) is 10.5. The molecule has 1 saturated carbocycles. The Kier molecular flexibility index (Phi) is 13.7. The molecular weight excluding hydrogens is 670 g/mol. The van der Waals surface area contributed by atoms with Crippen LogP contribution in [0.15, 0.2) is 91.5 Å². The summed E-state index contributed by atoms with van der Waals surface area (Å²) in [5.74, 6) is 1.58. The number of primary amides is 1. The van der Waals surface area contributed by atoms with Crippen LogP contribution >= 0.6 is 11.6 Å². The summed E-state index contributed by atoms with van der Waals surface area (Å²) in [7, 11) is 0. The Labute approximate surface area is 304 Å². The number of hydrogen-bond donors (Lipinski definition) is 2. The van der Waals surface area contributed by atoms with Crippen LogP contribution in [0.2, 0.25) is 5.02 Å². The fourth-order valence-corrected chi connectivity index (χ4v) is 7.65. The standard InChI is InChI=1S/C40H48ClN3O5S/c1-3-29(21-23-50(47)43-40(46)49-28(2)30-11-5-4-6-12-30)10-9-14-31-15-16-34(31)26-44-27-35-17-19-36(41)24-32(35)13-7-8-22-48-38-20-18-33(39(42)45)25-37(38)44/h3-6,9-12,17-20,24-25,28-29,31,34H,1,7-8,13-16,21-23,26-27H2,2H3,(H2,42,45)(H,43,46)/b10-9+/t28-,29?,31+,34-,50?/m0/s1. The van der Waals surface area contributed by atoms with Crippen LogP contribution in [-0.2, 0) is 29.1 Å². The fraction of sp³-hybridized carbons (Fsp3) is 0.400. The molecule has 0 spiro atoms. The maximum absolute atomic E-state index is 12.6. The van der Waals surface area contributed by atoms with Gasteiger partial charge in [0.05, 0.1) is 23.7 Å². The number of rotatable bonds is 13. The van der Waals surface area contributed by atoms with E-state index in [0.29, 0.717) is 37.0 Å². The van der Waals surface area contributed by atoms with Crippen LogP contribution in [0.5, 0.6) is 5.75 Å². The number of aryl methyl sites for hydroxylation is 1. The summed E-state index contributed by atoms with van der Waals surface area (Å²) in [6.45, 7) is 7.84. The molecule has 3 N–H and O–H groups in total. The normalized spacial score (nSPS) is 19.4. The number of allylic oxidation sites excluding steroid dienone is 3. The van der Waals surface area contributed by atoms with Crippen molar-refractivity contribution in [3.63, 3.8) is 0 Å². The van der Waals surface area contributed by atoms with E-state index in [1.54, 1.807) is 13.0 Å². The van der Waals surface area contributed by atoms with E-state index in [-0.39, 0.29) is 11.7 Å². The van der Waals surface area contributed by atoms with Crippen LogP contribution in [-0.4, -0.2) is 35.5 Å². The van der Waals surface area contributed by atoms with Crippen molar-refractivity contribution >= 4 is 40.7 Å². The number of carbonyl (C=O) groups excluding carboxylic acids is 2. The number of halogens is 1. The molecule has 1 aliphatic carbocycles. The van der Waals surface area contributed by atoms with Gasteiger partial charge in [-0.2, -0.15) is 0 Å². The quantitative estimate of drug-likeness (QED) is 0.135. The minimum Gasteiger partial charge on any atom is -0.593 e. The second kappa shape index (κ2) is 18.4. The van der Waals surface area contributed by atoms with Gasteiger partial charge in [-0.15, -0.1) is 11.3 Å². The highest BCUT2D eigenvalue weighted by molar-refractivity contribution is 7.90. The maximum Gasteiger partial charge on any atom is 0.449 e. The number of carbonyl (C=O) groups is 2. The lowest BCUT2D eigenvalue weighted by Crippen LogP contribution is -2.38. The number of hydrogen-bond acceptors (Lipinski definition) is 6. The summed E-state index contributed by atoms with van der Waals surface area (Å²) < 4.78 is 26.7. The lowest BCUT2D eigenvalue weighted by Gasteiger charge is -2.41. The van der Waals surface area contributed by atoms with E-state index in [4.69, 9.17) is 26.8 Å². The molecule has 2 unspecified atom stereocenters. The summed E-state index contributed by atoms with van der Waals surface area (Å²) >= 11 is 4.85. The van der Waals surface area contributed by atoms with Crippen molar-refractivity contribution in [3.8, 4) is 5.75 Å². The number of ether oxygens (including phenoxy) is 2. The van der Waals surface area contributed by atoms with Crippen LogP contribution in [0.25, 0.3) is 0 Å². The first kappa shape index (κ1) is 37.3. The van der Waals surface area contributed by atoms with Gasteiger partial charge in [0, 0.05) is 30.1 Å². The van der Waals surface area contributed by atoms with Gasteiger partial charge in [-0.25, -0.2) is 4.79 Å². The Hall–Kier alpha value is -3.92. The Morgan fingerprint density at radius 1 is 1.12 bits per heavy atom. The predicted molar refractivity (Wildman–Crippen MR) is 202 cm³/mol. The lowest BCUT2D eigenvalue weighted by molar-refractivity contribution is 0.0999. The van der Waals surface area contributed by atoms with Crippen LogP contribution in [0.3, 0.4) is 0 Å². The Balaban J connectivity index is 1.19. The van der Waals surface area contributed by atoms with Crippen molar-refractivity contribution in [2.45, 2.75) is 64.5 Å². The molecule has 0 radical (unpaired) electrons. The minimum absolute atomic E-state index is 0.0316. The molecule has 0 bridgehead atoms. The molecule has 3 aromatic rings. The summed E-state index contributed by atoms with van der Waals surface area (Å²) in [5.41, 5.74) is 10.4. The van der Waals surface area contributed by atoms with Crippen molar-refractivity contribution < 1.29 is 23.6 Å². The minimum atomic E-state index is -1.56. The van der Waals surface area contributed by atoms with Crippen molar-refractivity contribution in [1.82, 2.24) is 4.72 Å². The largest absolute Gasteiger partial charge is 0.593 e. The summed E-state index contributed by atoms with van der Waals surface area (Å²) in [6.07, 6.45) is 11.7. The number of nitrogens with two attached hydrogens (primary N) is 1. The number of amides is 2. The van der Waals surface area contributed by atoms with Gasteiger partial charge in [-0.3, -0.25) is 4.79 Å². The lowest BCUT2D eigenvalue weighted by atomic mass is 9.71. The average Bonchev–Trinajstić information content (AvgIpc) is 3.12. The molecule has 10 heteroatoms. The van der Waals surface area contributed by atoms with Crippen molar-refractivity contribution in [2.75, 3.05) is 23.8 Å². The van der Waals surface area contributed by atoms with E-state index in [0.717, 1.165) is 67.1 Å². The van der Waals surface area contributed by atoms with Gasteiger partial charge in [0.25, 0.3) is 0 Å². The Morgan fingerprint density at radius 3 is 2.66 bits per heavy atom. The third-order valence-electron chi connectivity index (χ3n) is 9.75. The Bertz CT molecular complexity index is 1640. The molecule has 8 nitrogen and oxygen atoms in total. The zero-order valence-corrected chi connectivity index (χ0v) is 30.3. The molecular formula is C40H48ClN3O5S. The maximum atomic E-state index is 12.6. The molecule has 1 aliphatic heterocycles. The molecule has 3 aromatic carbocycles. The van der Waals surface area contributed by atoms with Gasteiger partial charge in [0.2, 0.25) is 5.91 Å². The molecule has 0 aromatic heterocycles. The molecule has 0 saturated heterocycles. The molecule has 1 heterocycles. The van der Waals surface area contributed by atoms with Gasteiger partial charge in [-0.05, 0) is 110 Å². The molecule has 5 atom stereocenters. The highest BCUT2D eigenvalue weighted by atomic mass is 35.5. The SMILES string of the molecule is C=CC(/C=C/C[C@@H]1CC[C@H]1CN1Cc2ccc(Cl)cc2CCCCOc2ccc(C(N)=O)cc21)CC[S+]([O-])NC(=O)O[C@@H](C)c1ccccc1. The van der Waals surface area contributed by atoms with Crippen LogP contribution in [0.1, 0.15) is 78.6 Å². The molecule has 1 fully saturated rings. The number of benzene rings is 3. The second-order valence-electron chi connectivity index (χ2n) is 13.2. The van der Waals surface area contributed by atoms with Crippen LogP contribution in [0, 0.1) is 17.8 Å². The third-order valence-corrected chi connectivity index (χ3v) is 11.0. The first-order valence-electron chi connectivity index (χ1n) is 17.5. The smallest absolute Gasteiger partial charge is 0.449 e. The van der Waals surface area contributed by atoms with E-state index < -0.39 is 29.5 Å². The van der Waals surface area contributed by atoms with E-state index in [1.165, 1.54) is 11.1 Å². The molecule has 5 rings (SSSR count). The van der Waals surface area contributed by atoms with Gasteiger partial charge in [0.1, 0.15) is 17.6 Å². The topological polar surface area (TPSA) is 117 Å². The summed E-state index contributed by atoms with van der Waals surface area (Å²) in [4.78, 5) is 26.8.